The van der Waals surface area contributed by atoms with E-state index in [1.165, 1.54) is 0 Å². The molecule has 0 aromatic carbocycles. The molecule has 6 nitrogen and oxygen atoms in total. The van der Waals surface area contributed by atoms with Gasteiger partial charge in [0.2, 0.25) is 5.91 Å². The topological polar surface area (TPSA) is 75.7 Å². The van der Waals surface area contributed by atoms with Crippen molar-refractivity contribution in [1.29, 1.82) is 0 Å². The Labute approximate surface area is 166 Å². The molecule has 0 radical (unpaired) electrons. The number of hydrogen-bond donors (Lipinski definition) is 1. The number of likely N-dealkylation sites (tertiary alicyclic amines) is 1. The van der Waals surface area contributed by atoms with Crippen LogP contribution in [0.3, 0.4) is 0 Å². The lowest BCUT2D eigenvalue weighted by molar-refractivity contribution is -0.134. The molecule has 1 saturated heterocycles. The minimum Gasteiger partial charge on any atom is -0.444 e. The molecule has 1 rings (SSSR count). The summed E-state index contributed by atoms with van der Waals surface area (Å²) in [6, 6.07) is -0.363. The molecule has 0 saturated carbocycles. The maximum absolute atomic E-state index is 12.1. The van der Waals surface area contributed by atoms with Crippen LogP contribution in [0, 0.1) is 11.8 Å². The van der Waals surface area contributed by atoms with Gasteiger partial charge < -0.3 is 19.7 Å². The van der Waals surface area contributed by atoms with Crippen LogP contribution in [-0.2, 0) is 14.3 Å². The predicted molar refractivity (Wildman–Crippen MR) is 111 cm³/mol. The van der Waals surface area contributed by atoms with Gasteiger partial charge in [-0.2, -0.15) is 0 Å². The maximum Gasteiger partial charge on any atom is 0.408 e. The van der Waals surface area contributed by atoms with Gasteiger partial charge in [0.25, 0.3) is 0 Å². The van der Waals surface area contributed by atoms with Crippen LogP contribution in [-0.4, -0.2) is 47.9 Å². The molecule has 1 unspecified atom stereocenters. The minimum atomic E-state index is -0.622. The first-order valence-corrected chi connectivity index (χ1v) is 10.2. The van der Waals surface area contributed by atoms with Crippen LogP contribution in [0.1, 0.15) is 81.6 Å². The van der Waals surface area contributed by atoms with E-state index in [9.17, 15) is 14.4 Å². The molecule has 1 heterocycles. The maximum atomic E-state index is 12.1. The van der Waals surface area contributed by atoms with Gasteiger partial charge in [0, 0.05) is 6.54 Å². The first kappa shape index (κ1) is 27.6. The molecule has 27 heavy (non-hydrogen) atoms. The van der Waals surface area contributed by atoms with Crippen molar-refractivity contribution in [2.75, 3.05) is 13.1 Å². The van der Waals surface area contributed by atoms with Gasteiger partial charge in [-0.1, -0.05) is 48.0 Å². The molecule has 1 fully saturated rings. The fourth-order valence-corrected chi connectivity index (χ4v) is 2.60. The molecule has 1 aliphatic rings. The molecular formula is C21H42N2O4. The van der Waals surface area contributed by atoms with Crippen LogP contribution >= 0.6 is 0 Å². The average Bonchev–Trinajstić information content (AvgIpc) is 2.95. The van der Waals surface area contributed by atoms with Gasteiger partial charge in [0.1, 0.15) is 18.4 Å². The second-order valence-corrected chi connectivity index (χ2v) is 8.14. The Morgan fingerprint density at radius 2 is 1.74 bits per heavy atom. The molecule has 2 atom stereocenters. The zero-order valence-electron chi connectivity index (χ0n) is 18.9. The van der Waals surface area contributed by atoms with Crippen LogP contribution in [0.5, 0.6) is 0 Å². The Kier molecular flexibility index (Phi) is 14.8. The Balaban J connectivity index is 0. The molecule has 0 spiro atoms. The van der Waals surface area contributed by atoms with Crippen LogP contribution in [0.25, 0.3) is 0 Å². The van der Waals surface area contributed by atoms with Crippen LogP contribution in [0.2, 0.25) is 0 Å². The number of amides is 2. The van der Waals surface area contributed by atoms with Crippen molar-refractivity contribution < 1.29 is 19.1 Å². The third kappa shape index (κ3) is 13.3. The summed E-state index contributed by atoms with van der Waals surface area (Å²) in [4.78, 5) is 36.4. The molecular weight excluding hydrogens is 344 g/mol. The number of hydrogen-bond acceptors (Lipinski definition) is 4. The predicted octanol–water partition coefficient (Wildman–Crippen LogP) is 4.42. The smallest absolute Gasteiger partial charge is 0.408 e. The zero-order chi connectivity index (χ0) is 21.6. The van der Waals surface area contributed by atoms with Crippen molar-refractivity contribution in [2.24, 2.45) is 11.8 Å². The van der Waals surface area contributed by atoms with Crippen molar-refractivity contribution in [3.05, 3.63) is 0 Å². The molecule has 1 N–H and O–H groups in total. The first-order chi connectivity index (χ1) is 12.5. The van der Waals surface area contributed by atoms with Gasteiger partial charge in [-0.05, 0) is 45.4 Å². The standard InChI is InChI=1S/C15H26N2O4.C4H10.C2H6/c1-5-6-11-7-8-17(12(11)10-18)13(19)9-16-14(20)21-15(2,3)4;1-4(2)3;1-2/h10-12H,5-9H2,1-4H3,(H,16,20);4H,1-3H3;1-2H3/t11-,12?;;/m0../s1. The number of nitrogens with zero attached hydrogens (tertiary/aromatic N) is 1. The van der Waals surface area contributed by atoms with E-state index in [0.717, 1.165) is 31.5 Å². The highest BCUT2D eigenvalue weighted by molar-refractivity contribution is 5.85. The Morgan fingerprint density at radius 1 is 1.22 bits per heavy atom. The Hall–Kier alpha value is -1.59. The Morgan fingerprint density at radius 3 is 2.15 bits per heavy atom. The molecule has 0 aliphatic carbocycles. The lowest BCUT2D eigenvalue weighted by Gasteiger charge is -2.24. The van der Waals surface area contributed by atoms with Gasteiger partial charge in [0.05, 0.1) is 6.04 Å². The molecule has 0 bridgehead atoms. The molecule has 6 heteroatoms. The van der Waals surface area contributed by atoms with E-state index in [1.54, 1.807) is 25.7 Å². The van der Waals surface area contributed by atoms with E-state index >= 15 is 0 Å². The molecule has 1 aliphatic heterocycles. The fraction of sp³-hybridized carbons (Fsp3) is 0.857. The van der Waals surface area contributed by atoms with Crippen molar-refractivity contribution in [1.82, 2.24) is 10.2 Å². The van der Waals surface area contributed by atoms with E-state index in [4.69, 9.17) is 4.74 Å². The number of nitrogens with one attached hydrogen (secondary N) is 1. The van der Waals surface area contributed by atoms with E-state index < -0.39 is 11.7 Å². The quantitative estimate of drug-likeness (QED) is 0.710. The van der Waals surface area contributed by atoms with Gasteiger partial charge in [-0.3, -0.25) is 4.79 Å². The zero-order valence-corrected chi connectivity index (χ0v) is 18.9. The molecule has 0 aromatic heterocycles. The van der Waals surface area contributed by atoms with Gasteiger partial charge >= 0.3 is 6.09 Å². The van der Waals surface area contributed by atoms with Gasteiger partial charge in [-0.25, -0.2) is 4.79 Å². The average molecular weight is 387 g/mol. The second-order valence-electron chi connectivity index (χ2n) is 8.14. The second kappa shape index (κ2) is 14.5. The van der Waals surface area contributed by atoms with Crippen molar-refractivity contribution in [3.8, 4) is 0 Å². The number of carbonyl (C=O) groups is 3. The van der Waals surface area contributed by atoms with Crippen LogP contribution < -0.4 is 5.32 Å². The summed E-state index contributed by atoms with van der Waals surface area (Å²) >= 11 is 0. The SMILES string of the molecule is CC.CC(C)C.CCC[C@H]1CCN(C(=O)CNC(=O)OC(C)(C)C)C1C=O. The summed E-state index contributed by atoms with van der Waals surface area (Å²) in [6.07, 6.45) is 3.00. The number of ether oxygens (including phenoxy) is 1. The number of rotatable bonds is 5. The highest BCUT2D eigenvalue weighted by Gasteiger charge is 2.36. The number of aldehydes is 1. The molecule has 160 valence electrons. The summed E-state index contributed by atoms with van der Waals surface area (Å²) in [6.45, 7) is 18.3. The molecule has 2 amide bonds. The van der Waals surface area contributed by atoms with Crippen molar-refractivity contribution >= 4 is 18.3 Å². The largest absolute Gasteiger partial charge is 0.444 e. The fourth-order valence-electron chi connectivity index (χ4n) is 2.60. The van der Waals surface area contributed by atoms with Crippen molar-refractivity contribution in [2.45, 2.75) is 93.2 Å². The summed E-state index contributed by atoms with van der Waals surface area (Å²) in [5.74, 6) is 0.828. The first-order valence-electron chi connectivity index (χ1n) is 10.2. The monoisotopic (exact) mass is 386 g/mol. The summed E-state index contributed by atoms with van der Waals surface area (Å²) in [5, 5.41) is 2.44. The highest BCUT2D eigenvalue weighted by atomic mass is 16.6. The lowest BCUT2D eigenvalue weighted by atomic mass is 9.96. The van der Waals surface area contributed by atoms with Gasteiger partial charge in [-0.15, -0.1) is 0 Å². The summed E-state index contributed by atoms with van der Waals surface area (Å²) in [5.41, 5.74) is -0.599. The van der Waals surface area contributed by atoms with E-state index in [2.05, 4.69) is 33.0 Å². The van der Waals surface area contributed by atoms with Crippen LogP contribution in [0.15, 0.2) is 0 Å². The number of alkyl carbamates (subject to hydrolysis) is 1. The molecule has 0 aromatic rings. The van der Waals surface area contributed by atoms with E-state index in [-0.39, 0.29) is 24.4 Å². The third-order valence-corrected chi connectivity index (χ3v) is 3.49. The Bertz CT molecular complexity index is 428. The van der Waals surface area contributed by atoms with Crippen LogP contribution in [0.4, 0.5) is 4.79 Å². The lowest BCUT2D eigenvalue weighted by Crippen LogP contribution is -2.45. The van der Waals surface area contributed by atoms with E-state index in [0.29, 0.717) is 6.54 Å². The van der Waals surface area contributed by atoms with Gasteiger partial charge in [0.15, 0.2) is 0 Å². The summed E-state index contributed by atoms with van der Waals surface area (Å²) in [7, 11) is 0. The summed E-state index contributed by atoms with van der Waals surface area (Å²) < 4.78 is 5.07. The highest BCUT2D eigenvalue weighted by Crippen LogP contribution is 2.26. The number of carbonyl (C=O) groups excluding carboxylic acids is 3. The van der Waals surface area contributed by atoms with E-state index in [1.807, 2.05) is 13.8 Å². The van der Waals surface area contributed by atoms with Crippen molar-refractivity contribution in [3.63, 3.8) is 0 Å². The normalized spacial score (nSPS) is 18.7. The third-order valence-electron chi connectivity index (χ3n) is 3.49. The minimum absolute atomic E-state index is 0.141.